The van der Waals surface area contributed by atoms with E-state index in [1.54, 1.807) is 22.6 Å². The summed E-state index contributed by atoms with van der Waals surface area (Å²) in [6.45, 7) is 1.17. The van der Waals surface area contributed by atoms with Crippen LogP contribution in [0, 0.1) is 0 Å². The SMILES string of the molecule is CN1Cc2ccccc2C1c1ccc(C=Cc2ccc(C3c4ccccc4CN3Cl)cc2S(=O)(=O)O)c(S(=O)(=O)O)c1. The van der Waals surface area contributed by atoms with Gasteiger partial charge >= 0.3 is 0 Å². The van der Waals surface area contributed by atoms with Gasteiger partial charge in [-0.3, -0.25) is 14.0 Å². The first-order valence-electron chi connectivity index (χ1n) is 13.1. The molecule has 2 unspecified atom stereocenters. The van der Waals surface area contributed by atoms with Gasteiger partial charge in [-0.1, -0.05) is 84.9 Å². The number of hydrogen-bond acceptors (Lipinski definition) is 6. The summed E-state index contributed by atoms with van der Waals surface area (Å²) in [5.74, 6) is 0. The first-order valence-corrected chi connectivity index (χ1v) is 16.3. The average molecular weight is 623 g/mol. The molecule has 0 fully saturated rings. The Hall–Kier alpha value is -3.35. The minimum absolute atomic E-state index is 0.142. The maximum Gasteiger partial charge on any atom is 0.295 e. The first-order chi connectivity index (χ1) is 19.9. The van der Waals surface area contributed by atoms with E-state index in [2.05, 4.69) is 4.90 Å². The van der Waals surface area contributed by atoms with Crippen molar-refractivity contribution >= 4 is 44.2 Å². The molecule has 6 rings (SSSR count). The van der Waals surface area contributed by atoms with Crippen molar-refractivity contribution in [3.63, 3.8) is 0 Å². The summed E-state index contributed by atoms with van der Waals surface area (Å²) in [5.41, 5.74) is 5.72. The molecule has 4 aromatic carbocycles. The van der Waals surface area contributed by atoms with Crippen LogP contribution >= 0.6 is 11.8 Å². The molecule has 216 valence electrons. The van der Waals surface area contributed by atoms with E-state index in [1.165, 1.54) is 30.4 Å². The Labute approximate surface area is 250 Å². The molecule has 11 heteroatoms. The van der Waals surface area contributed by atoms with Gasteiger partial charge in [0.2, 0.25) is 0 Å². The van der Waals surface area contributed by atoms with Crippen molar-refractivity contribution in [1.29, 1.82) is 0 Å². The second-order valence-electron chi connectivity index (χ2n) is 10.6. The zero-order chi connectivity index (χ0) is 29.8. The first kappa shape index (κ1) is 28.8. The summed E-state index contributed by atoms with van der Waals surface area (Å²) >= 11 is 6.51. The van der Waals surface area contributed by atoms with Crippen LogP contribution in [0.25, 0.3) is 12.2 Å². The topological polar surface area (TPSA) is 115 Å². The highest BCUT2D eigenvalue weighted by Gasteiger charge is 2.32. The van der Waals surface area contributed by atoms with Crippen molar-refractivity contribution in [2.24, 2.45) is 0 Å². The maximum absolute atomic E-state index is 12.5. The van der Waals surface area contributed by atoms with Gasteiger partial charge in [-0.15, -0.1) is 0 Å². The van der Waals surface area contributed by atoms with Crippen molar-refractivity contribution in [3.05, 3.63) is 129 Å². The standard InChI is InChI=1S/C31H27ClN2O6S2/c1-33-18-24-6-2-4-8-26(24)30(33)22-14-12-20(28(16-22)41(35,36)37)10-11-21-13-15-23(17-29(21)42(38,39)40)31-27-9-5-3-7-25(27)19-34(31)32/h2-17,30-31H,18-19H2,1H3,(H,35,36,37)(H,38,39,40). The Kier molecular flexibility index (Phi) is 7.35. The molecule has 0 bridgehead atoms. The average Bonchev–Trinajstić information content (AvgIpc) is 3.45. The Morgan fingerprint density at radius 3 is 1.67 bits per heavy atom. The second-order valence-corrected chi connectivity index (χ2v) is 13.8. The Morgan fingerprint density at radius 1 is 0.690 bits per heavy atom. The van der Waals surface area contributed by atoms with Gasteiger partial charge in [0.15, 0.2) is 0 Å². The quantitative estimate of drug-likeness (QED) is 0.154. The largest absolute Gasteiger partial charge is 0.295 e. The lowest BCUT2D eigenvalue weighted by atomic mass is 9.96. The number of halogens is 1. The lowest BCUT2D eigenvalue weighted by Gasteiger charge is -2.22. The minimum atomic E-state index is -4.66. The molecule has 42 heavy (non-hydrogen) atoms. The Balaban J connectivity index is 1.39. The molecule has 8 nitrogen and oxygen atoms in total. The monoisotopic (exact) mass is 622 g/mol. The van der Waals surface area contributed by atoms with Crippen molar-refractivity contribution in [3.8, 4) is 0 Å². The molecule has 2 heterocycles. The van der Waals surface area contributed by atoms with Crippen LogP contribution in [-0.4, -0.2) is 42.3 Å². The number of benzene rings is 4. The molecule has 0 aliphatic carbocycles. The van der Waals surface area contributed by atoms with Gasteiger partial charge in [0.05, 0.1) is 12.1 Å². The molecule has 0 spiro atoms. The fraction of sp³-hybridized carbons (Fsp3) is 0.161. The molecule has 4 aromatic rings. The van der Waals surface area contributed by atoms with Crippen LogP contribution in [0.2, 0.25) is 0 Å². The molecule has 0 amide bonds. The van der Waals surface area contributed by atoms with E-state index in [0.717, 1.165) is 22.3 Å². The summed E-state index contributed by atoms with van der Waals surface area (Å²) in [6, 6.07) is 24.4. The van der Waals surface area contributed by atoms with E-state index in [4.69, 9.17) is 11.8 Å². The van der Waals surface area contributed by atoms with Crippen LogP contribution in [-0.2, 0) is 33.3 Å². The molecule has 0 radical (unpaired) electrons. The fourth-order valence-corrected chi connectivity index (χ4v) is 7.80. The van der Waals surface area contributed by atoms with Crippen molar-refractivity contribution in [2.75, 3.05) is 7.05 Å². The van der Waals surface area contributed by atoms with Crippen LogP contribution < -0.4 is 0 Å². The van der Waals surface area contributed by atoms with Gasteiger partial charge in [-0.25, -0.2) is 4.42 Å². The third-order valence-corrected chi connectivity index (χ3v) is 10.00. The van der Waals surface area contributed by atoms with E-state index in [9.17, 15) is 25.9 Å². The highest BCUT2D eigenvalue weighted by molar-refractivity contribution is 7.86. The van der Waals surface area contributed by atoms with Crippen molar-refractivity contribution in [1.82, 2.24) is 9.32 Å². The number of rotatable bonds is 6. The molecule has 2 N–H and O–H groups in total. The predicted octanol–water partition coefficient (Wildman–Crippen LogP) is 5.94. The lowest BCUT2D eigenvalue weighted by molar-refractivity contribution is 0.304. The lowest BCUT2D eigenvalue weighted by Crippen LogP contribution is -2.18. The smallest absolute Gasteiger partial charge is 0.291 e. The van der Waals surface area contributed by atoms with Gasteiger partial charge in [0, 0.05) is 13.1 Å². The second kappa shape index (κ2) is 10.7. The third kappa shape index (κ3) is 5.31. The van der Waals surface area contributed by atoms with Gasteiger partial charge in [0.25, 0.3) is 20.2 Å². The summed E-state index contributed by atoms with van der Waals surface area (Å²) in [7, 11) is -7.35. The van der Waals surface area contributed by atoms with E-state index >= 15 is 0 Å². The van der Waals surface area contributed by atoms with E-state index in [1.807, 2.05) is 55.6 Å². The van der Waals surface area contributed by atoms with Crippen LogP contribution in [0.5, 0.6) is 0 Å². The molecule has 2 aliphatic rings. The molecule has 0 saturated heterocycles. The molecule has 2 aliphatic heterocycles. The van der Waals surface area contributed by atoms with Crippen molar-refractivity contribution in [2.45, 2.75) is 35.0 Å². The van der Waals surface area contributed by atoms with E-state index < -0.39 is 26.3 Å². The minimum Gasteiger partial charge on any atom is -0.291 e. The van der Waals surface area contributed by atoms with Gasteiger partial charge in [0.1, 0.15) is 9.79 Å². The molecule has 2 atom stereocenters. The van der Waals surface area contributed by atoms with Crippen LogP contribution in [0.4, 0.5) is 0 Å². The van der Waals surface area contributed by atoms with Gasteiger partial charge in [-0.05, 0) is 75.5 Å². The third-order valence-electron chi connectivity index (χ3n) is 7.87. The highest BCUT2D eigenvalue weighted by Crippen LogP contribution is 2.41. The summed E-state index contributed by atoms with van der Waals surface area (Å²) in [5, 5.41) is 0. The summed E-state index contributed by atoms with van der Waals surface area (Å²) in [6.07, 6.45) is 2.80. The summed E-state index contributed by atoms with van der Waals surface area (Å²) < 4.78 is 71.6. The zero-order valence-electron chi connectivity index (χ0n) is 22.4. The van der Waals surface area contributed by atoms with E-state index in [0.29, 0.717) is 24.2 Å². The molecular weight excluding hydrogens is 596 g/mol. The highest BCUT2D eigenvalue weighted by atomic mass is 35.5. The number of nitrogens with zero attached hydrogens (tertiary/aromatic N) is 2. The molecular formula is C31H27ClN2O6S2. The van der Waals surface area contributed by atoms with E-state index in [-0.39, 0.29) is 27.0 Å². The maximum atomic E-state index is 12.5. The molecule has 0 aromatic heterocycles. The molecule has 0 saturated carbocycles. The zero-order valence-corrected chi connectivity index (χ0v) is 24.8. The Morgan fingerprint density at radius 2 is 1.14 bits per heavy atom. The number of hydrogen-bond donors (Lipinski definition) is 2. The van der Waals surface area contributed by atoms with Crippen LogP contribution in [0.1, 0.15) is 56.6 Å². The van der Waals surface area contributed by atoms with Crippen LogP contribution in [0.15, 0.2) is 94.7 Å². The fourth-order valence-electron chi connectivity index (χ4n) is 6.01. The summed E-state index contributed by atoms with van der Waals surface area (Å²) in [4.78, 5) is 1.44. The normalized spacial score (nSPS) is 19.3. The Bertz CT molecular complexity index is 1820. The van der Waals surface area contributed by atoms with Crippen molar-refractivity contribution < 1.29 is 25.9 Å². The van der Waals surface area contributed by atoms with Gasteiger partial charge in [-0.2, -0.15) is 16.8 Å². The van der Waals surface area contributed by atoms with Crippen LogP contribution in [0.3, 0.4) is 0 Å². The predicted molar refractivity (Wildman–Crippen MR) is 161 cm³/mol. The van der Waals surface area contributed by atoms with Gasteiger partial charge < -0.3 is 0 Å². The number of fused-ring (bicyclic) bond motifs is 2.